The molecule has 3 N–H and O–H groups in total. The minimum absolute atomic E-state index is 0.0227. The maximum atomic E-state index is 13.7. The summed E-state index contributed by atoms with van der Waals surface area (Å²) in [5.41, 5.74) is -0.698. The Morgan fingerprint density at radius 3 is 2.69 bits per heavy atom. The molecular formula is C17H19F2N5O2. The molecule has 0 saturated carbocycles. The van der Waals surface area contributed by atoms with E-state index in [2.05, 4.69) is 25.7 Å². The van der Waals surface area contributed by atoms with Crippen LogP contribution in [0.1, 0.15) is 33.7 Å². The fourth-order valence-corrected chi connectivity index (χ4v) is 3.00. The molecule has 0 radical (unpaired) electrons. The molecular weight excluding hydrogens is 344 g/mol. The van der Waals surface area contributed by atoms with E-state index in [-0.39, 0.29) is 17.4 Å². The van der Waals surface area contributed by atoms with Crippen LogP contribution in [0.15, 0.2) is 24.4 Å². The summed E-state index contributed by atoms with van der Waals surface area (Å²) in [6.07, 6.45) is 3.11. The van der Waals surface area contributed by atoms with Crippen molar-refractivity contribution < 1.29 is 18.4 Å². The largest absolute Gasteiger partial charge is 0.347 e. The number of halogens is 2. The van der Waals surface area contributed by atoms with Crippen molar-refractivity contribution >= 4 is 17.5 Å². The molecule has 2 aromatic rings. The standard InChI is InChI=1S/C17H19F2N5O2/c1-24-7-3-4-10(9-24)21-17(26)15-13(8-20-23-15)22-16(25)14-11(18)5-2-6-12(14)19/h2,5-6,8,10H,3-4,7,9H2,1H3,(H,20,23)(H,21,26)(H,22,25). The van der Waals surface area contributed by atoms with Crippen LogP contribution in [0.25, 0.3) is 0 Å². The molecule has 9 heteroatoms. The van der Waals surface area contributed by atoms with Gasteiger partial charge in [-0.15, -0.1) is 0 Å². The maximum absolute atomic E-state index is 13.7. The van der Waals surface area contributed by atoms with E-state index in [1.807, 2.05) is 7.05 Å². The molecule has 7 nitrogen and oxygen atoms in total. The zero-order chi connectivity index (χ0) is 18.7. The third kappa shape index (κ3) is 3.88. The van der Waals surface area contributed by atoms with Crippen molar-refractivity contribution in [3.05, 3.63) is 47.3 Å². The van der Waals surface area contributed by atoms with Crippen LogP contribution in [0.4, 0.5) is 14.5 Å². The first-order valence-electron chi connectivity index (χ1n) is 8.24. The van der Waals surface area contributed by atoms with E-state index in [4.69, 9.17) is 0 Å². The van der Waals surface area contributed by atoms with Crippen molar-refractivity contribution in [1.29, 1.82) is 0 Å². The van der Waals surface area contributed by atoms with E-state index in [1.165, 1.54) is 12.3 Å². The number of carbonyl (C=O) groups is 2. The van der Waals surface area contributed by atoms with Crippen molar-refractivity contribution in [2.24, 2.45) is 0 Å². The summed E-state index contributed by atoms with van der Waals surface area (Å²) in [7, 11) is 1.97. The summed E-state index contributed by atoms with van der Waals surface area (Å²) >= 11 is 0. The lowest BCUT2D eigenvalue weighted by Gasteiger charge is -2.30. The second kappa shape index (κ2) is 7.61. The molecule has 1 saturated heterocycles. The number of nitrogens with zero attached hydrogens (tertiary/aromatic N) is 2. The molecule has 2 heterocycles. The van der Waals surface area contributed by atoms with Gasteiger partial charge in [-0.1, -0.05) is 6.07 Å². The van der Waals surface area contributed by atoms with Crippen LogP contribution in [0, 0.1) is 11.6 Å². The number of aromatic nitrogens is 2. The number of rotatable bonds is 4. The number of amides is 2. The summed E-state index contributed by atoms with van der Waals surface area (Å²) in [5.74, 6) is -3.42. The number of anilines is 1. The molecule has 0 aliphatic carbocycles. The molecule has 0 spiro atoms. The predicted octanol–water partition coefficient (Wildman–Crippen LogP) is 1.76. The van der Waals surface area contributed by atoms with E-state index < -0.39 is 29.0 Å². The van der Waals surface area contributed by atoms with Crippen LogP contribution in [-0.2, 0) is 0 Å². The summed E-state index contributed by atoms with van der Waals surface area (Å²) in [6, 6.07) is 3.12. The van der Waals surface area contributed by atoms with Gasteiger partial charge in [-0.25, -0.2) is 8.78 Å². The molecule has 26 heavy (non-hydrogen) atoms. The molecule has 1 aromatic carbocycles. The average molecular weight is 363 g/mol. The third-order valence-electron chi connectivity index (χ3n) is 4.25. The highest BCUT2D eigenvalue weighted by atomic mass is 19.1. The lowest BCUT2D eigenvalue weighted by molar-refractivity contribution is 0.0908. The second-order valence-corrected chi connectivity index (χ2v) is 6.27. The van der Waals surface area contributed by atoms with Crippen LogP contribution in [-0.4, -0.2) is 53.1 Å². The molecule has 2 amide bonds. The number of likely N-dealkylation sites (tertiary alicyclic amines) is 1. The molecule has 1 aromatic heterocycles. The molecule has 138 valence electrons. The number of aromatic amines is 1. The Morgan fingerprint density at radius 1 is 1.27 bits per heavy atom. The first kappa shape index (κ1) is 18.0. The van der Waals surface area contributed by atoms with Crippen molar-refractivity contribution in [3.63, 3.8) is 0 Å². The molecule has 1 aliphatic heterocycles. The topological polar surface area (TPSA) is 90.1 Å². The van der Waals surface area contributed by atoms with Gasteiger partial charge in [0.15, 0.2) is 5.69 Å². The number of hydrogen-bond donors (Lipinski definition) is 3. The van der Waals surface area contributed by atoms with E-state index in [1.54, 1.807) is 0 Å². The molecule has 0 bridgehead atoms. The molecule has 1 fully saturated rings. The number of hydrogen-bond acceptors (Lipinski definition) is 4. The van der Waals surface area contributed by atoms with Gasteiger partial charge in [0.1, 0.15) is 17.2 Å². The fraction of sp³-hybridized carbons (Fsp3) is 0.353. The maximum Gasteiger partial charge on any atom is 0.274 e. The SMILES string of the molecule is CN1CCCC(NC(=O)c2n[nH]cc2NC(=O)c2c(F)cccc2F)C1. The Hall–Kier alpha value is -2.81. The Labute approximate surface area is 148 Å². The summed E-state index contributed by atoms with van der Waals surface area (Å²) in [6.45, 7) is 1.70. The van der Waals surface area contributed by atoms with E-state index >= 15 is 0 Å². The van der Waals surface area contributed by atoms with Crippen LogP contribution < -0.4 is 10.6 Å². The van der Waals surface area contributed by atoms with Crippen molar-refractivity contribution in [3.8, 4) is 0 Å². The van der Waals surface area contributed by atoms with Crippen molar-refractivity contribution in [1.82, 2.24) is 20.4 Å². The van der Waals surface area contributed by atoms with Crippen molar-refractivity contribution in [2.75, 3.05) is 25.5 Å². The van der Waals surface area contributed by atoms with Gasteiger partial charge < -0.3 is 15.5 Å². The van der Waals surface area contributed by atoms with Gasteiger partial charge in [-0.2, -0.15) is 5.10 Å². The number of benzene rings is 1. The quantitative estimate of drug-likeness (QED) is 0.772. The molecule has 1 unspecified atom stereocenters. The van der Waals surface area contributed by atoms with Crippen LogP contribution >= 0.6 is 0 Å². The van der Waals surface area contributed by atoms with Crippen LogP contribution in [0.3, 0.4) is 0 Å². The lowest BCUT2D eigenvalue weighted by Crippen LogP contribution is -2.46. The van der Waals surface area contributed by atoms with Gasteiger partial charge in [0.2, 0.25) is 0 Å². The fourth-order valence-electron chi connectivity index (χ4n) is 3.00. The normalized spacial score (nSPS) is 17.7. The van der Waals surface area contributed by atoms with E-state index in [0.717, 1.165) is 38.1 Å². The number of likely N-dealkylation sites (N-methyl/N-ethyl adjacent to an activating group) is 1. The van der Waals surface area contributed by atoms with Gasteiger partial charge in [-0.3, -0.25) is 14.7 Å². The highest BCUT2D eigenvalue weighted by molar-refractivity contribution is 6.08. The summed E-state index contributed by atoms with van der Waals surface area (Å²) in [5, 5.41) is 11.5. The van der Waals surface area contributed by atoms with Crippen LogP contribution in [0.5, 0.6) is 0 Å². The molecule has 1 atom stereocenters. The van der Waals surface area contributed by atoms with Gasteiger partial charge in [0.05, 0.1) is 5.69 Å². The number of nitrogens with one attached hydrogen (secondary N) is 3. The highest BCUT2D eigenvalue weighted by Crippen LogP contribution is 2.18. The molecule has 1 aliphatic rings. The Balaban J connectivity index is 1.72. The number of piperidine rings is 1. The minimum Gasteiger partial charge on any atom is -0.347 e. The summed E-state index contributed by atoms with van der Waals surface area (Å²) < 4.78 is 27.5. The van der Waals surface area contributed by atoms with Crippen LogP contribution in [0.2, 0.25) is 0 Å². The average Bonchev–Trinajstić information content (AvgIpc) is 3.03. The minimum atomic E-state index is -0.992. The summed E-state index contributed by atoms with van der Waals surface area (Å²) in [4.78, 5) is 26.7. The Bertz CT molecular complexity index is 803. The van der Waals surface area contributed by atoms with Gasteiger partial charge in [0.25, 0.3) is 11.8 Å². The van der Waals surface area contributed by atoms with Gasteiger partial charge in [0, 0.05) is 18.8 Å². The highest BCUT2D eigenvalue weighted by Gasteiger charge is 2.24. The monoisotopic (exact) mass is 363 g/mol. The Morgan fingerprint density at radius 2 is 2.00 bits per heavy atom. The number of H-pyrrole nitrogens is 1. The van der Waals surface area contributed by atoms with Gasteiger partial charge in [-0.05, 0) is 38.6 Å². The second-order valence-electron chi connectivity index (χ2n) is 6.27. The smallest absolute Gasteiger partial charge is 0.274 e. The lowest BCUT2D eigenvalue weighted by atomic mass is 10.1. The first-order valence-corrected chi connectivity index (χ1v) is 8.24. The van der Waals surface area contributed by atoms with Gasteiger partial charge >= 0.3 is 0 Å². The zero-order valence-electron chi connectivity index (χ0n) is 14.2. The first-order chi connectivity index (χ1) is 12.5. The van der Waals surface area contributed by atoms with Crippen molar-refractivity contribution in [2.45, 2.75) is 18.9 Å². The zero-order valence-corrected chi connectivity index (χ0v) is 14.2. The number of carbonyl (C=O) groups excluding carboxylic acids is 2. The van der Waals surface area contributed by atoms with E-state index in [9.17, 15) is 18.4 Å². The Kier molecular flexibility index (Phi) is 5.27. The predicted molar refractivity (Wildman–Crippen MR) is 90.9 cm³/mol. The van der Waals surface area contributed by atoms with E-state index in [0.29, 0.717) is 0 Å². The molecule has 3 rings (SSSR count). The third-order valence-corrected chi connectivity index (χ3v) is 4.25.